The van der Waals surface area contributed by atoms with Gasteiger partial charge < -0.3 is 19.9 Å². The van der Waals surface area contributed by atoms with Crippen molar-refractivity contribution in [3.63, 3.8) is 0 Å². The van der Waals surface area contributed by atoms with E-state index in [-0.39, 0.29) is 18.2 Å². The van der Waals surface area contributed by atoms with Crippen LogP contribution in [0.4, 0.5) is 17.1 Å². The summed E-state index contributed by atoms with van der Waals surface area (Å²) in [5, 5.41) is 13.7. The molecule has 0 radical (unpaired) electrons. The normalized spacial score (nSPS) is 13.7. The van der Waals surface area contributed by atoms with E-state index in [0.717, 1.165) is 5.69 Å². The molecule has 0 bridgehead atoms. The van der Waals surface area contributed by atoms with Crippen LogP contribution in [0.2, 0.25) is 0 Å². The molecule has 29 heavy (non-hydrogen) atoms. The van der Waals surface area contributed by atoms with Crippen molar-refractivity contribution in [2.45, 2.75) is 0 Å². The number of nitro groups is 1. The van der Waals surface area contributed by atoms with E-state index in [1.54, 1.807) is 48.3 Å². The Bertz CT molecular complexity index is 892. The summed E-state index contributed by atoms with van der Waals surface area (Å²) >= 11 is 0. The molecule has 9 heteroatoms. The number of carbonyl (C=O) groups is 2. The quantitative estimate of drug-likeness (QED) is 0.451. The van der Waals surface area contributed by atoms with Crippen LogP contribution in [0.15, 0.2) is 48.5 Å². The summed E-state index contributed by atoms with van der Waals surface area (Å²) in [6, 6.07) is 13.3. The van der Waals surface area contributed by atoms with Crippen LogP contribution in [0.5, 0.6) is 0 Å². The van der Waals surface area contributed by atoms with E-state index in [1.165, 1.54) is 12.1 Å². The molecule has 9 nitrogen and oxygen atoms in total. The van der Waals surface area contributed by atoms with E-state index in [2.05, 4.69) is 10.2 Å². The summed E-state index contributed by atoms with van der Waals surface area (Å²) in [5.41, 5.74) is 1.94. The number of nitrogens with zero attached hydrogens (tertiary/aromatic N) is 3. The standard InChI is InChI=1S/C20H22N4O5/c1-21-18-5-3-2-4-17(18)20(26)29-14-19(25)23-12-10-22(11-13-23)15-6-8-16(9-7-15)24(27)28/h2-9,21H,10-14H2,1H3. The van der Waals surface area contributed by atoms with Gasteiger partial charge in [0.15, 0.2) is 6.61 Å². The predicted octanol–water partition coefficient (Wildman–Crippen LogP) is 2.14. The van der Waals surface area contributed by atoms with Gasteiger partial charge in [0, 0.05) is 56.7 Å². The highest BCUT2D eigenvalue weighted by molar-refractivity contribution is 5.96. The van der Waals surface area contributed by atoms with E-state index in [9.17, 15) is 19.7 Å². The third kappa shape index (κ3) is 4.81. The van der Waals surface area contributed by atoms with Gasteiger partial charge in [0.25, 0.3) is 11.6 Å². The van der Waals surface area contributed by atoms with Crippen molar-refractivity contribution in [2.24, 2.45) is 0 Å². The smallest absolute Gasteiger partial charge is 0.340 e. The van der Waals surface area contributed by atoms with Crippen LogP contribution in [0, 0.1) is 10.1 Å². The largest absolute Gasteiger partial charge is 0.452 e. The number of hydrogen-bond donors (Lipinski definition) is 1. The number of nitro benzene ring substituents is 1. The highest BCUT2D eigenvalue weighted by Gasteiger charge is 2.23. The van der Waals surface area contributed by atoms with Gasteiger partial charge in [0.1, 0.15) is 0 Å². The highest BCUT2D eigenvalue weighted by atomic mass is 16.6. The van der Waals surface area contributed by atoms with Crippen LogP contribution >= 0.6 is 0 Å². The second-order valence-corrected chi connectivity index (χ2v) is 6.51. The summed E-state index contributed by atoms with van der Waals surface area (Å²) in [7, 11) is 1.71. The molecule has 0 aliphatic carbocycles. The number of rotatable bonds is 6. The highest BCUT2D eigenvalue weighted by Crippen LogP contribution is 2.21. The van der Waals surface area contributed by atoms with Crippen LogP contribution in [0.25, 0.3) is 0 Å². The van der Waals surface area contributed by atoms with Crippen LogP contribution in [-0.2, 0) is 9.53 Å². The van der Waals surface area contributed by atoms with Crippen LogP contribution in [0.3, 0.4) is 0 Å². The van der Waals surface area contributed by atoms with E-state index in [4.69, 9.17) is 4.74 Å². The first-order chi connectivity index (χ1) is 14.0. The van der Waals surface area contributed by atoms with E-state index < -0.39 is 10.9 Å². The molecule has 1 N–H and O–H groups in total. The van der Waals surface area contributed by atoms with Gasteiger partial charge in [-0.2, -0.15) is 0 Å². The van der Waals surface area contributed by atoms with Crippen LogP contribution < -0.4 is 10.2 Å². The molecular formula is C20H22N4O5. The molecule has 1 saturated heterocycles. The molecular weight excluding hydrogens is 376 g/mol. The molecule has 0 spiro atoms. The Hall–Kier alpha value is -3.62. The molecule has 0 saturated carbocycles. The molecule has 1 heterocycles. The van der Waals surface area contributed by atoms with Crippen molar-refractivity contribution < 1.29 is 19.2 Å². The van der Waals surface area contributed by atoms with Crippen molar-refractivity contribution in [2.75, 3.05) is 50.1 Å². The maximum atomic E-state index is 12.4. The zero-order chi connectivity index (χ0) is 20.8. The lowest BCUT2D eigenvalue weighted by molar-refractivity contribution is -0.384. The lowest BCUT2D eigenvalue weighted by Gasteiger charge is -2.36. The molecule has 0 aromatic heterocycles. The monoisotopic (exact) mass is 398 g/mol. The number of piperazine rings is 1. The minimum absolute atomic E-state index is 0.0456. The summed E-state index contributed by atoms with van der Waals surface area (Å²) in [6.45, 7) is 1.86. The van der Waals surface area contributed by atoms with Gasteiger partial charge in [-0.25, -0.2) is 4.79 Å². The van der Waals surface area contributed by atoms with Crippen molar-refractivity contribution in [1.29, 1.82) is 0 Å². The average molecular weight is 398 g/mol. The number of benzene rings is 2. The predicted molar refractivity (Wildman–Crippen MR) is 108 cm³/mol. The zero-order valence-corrected chi connectivity index (χ0v) is 16.0. The molecule has 2 aromatic rings. The molecule has 0 atom stereocenters. The molecule has 1 fully saturated rings. The summed E-state index contributed by atoms with van der Waals surface area (Å²) in [5.74, 6) is -0.795. The first-order valence-corrected chi connectivity index (χ1v) is 9.20. The van der Waals surface area contributed by atoms with Gasteiger partial charge in [-0.15, -0.1) is 0 Å². The first kappa shape index (κ1) is 20.1. The number of amides is 1. The Balaban J connectivity index is 1.50. The summed E-state index contributed by atoms with van der Waals surface area (Å²) in [4.78, 5) is 38.7. The van der Waals surface area contributed by atoms with Crippen LogP contribution in [-0.4, -0.2) is 61.5 Å². The Morgan fingerprint density at radius 1 is 1.07 bits per heavy atom. The summed E-state index contributed by atoms with van der Waals surface area (Å²) in [6.07, 6.45) is 0. The molecule has 0 unspecified atom stereocenters. The Kier molecular flexibility index (Phi) is 6.28. The number of non-ortho nitro benzene ring substituents is 1. The van der Waals surface area contributed by atoms with Crippen molar-refractivity contribution in [3.8, 4) is 0 Å². The molecule has 2 aromatic carbocycles. The molecule has 1 amide bonds. The minimum Gasteiger partial charge on any atom is -0.452 e. The third-order valence-corrected chi connectivity index (χ3v) is 4.80. The third-order valence-electron chi connectivity index (χ3n) is 4.80. The van der Waals surface area contributed by atoms with Gasteiger partial charge in [0.2, 0.25) is 0 Å². The lowest BCUT2D eigenvalue weighted by atomic mass is 10.2. The number of esters is 1. The van der Waals surface area contributed by atoms with Crippen LogP contribution in [0.1, 0.15) is 10.4 Å². The molecule has 1 aliphatic rings. The number of carbonyl (C=O) groups excluding carboxylic acids is 2. The van der Waals surface area contributed by atoms with Crippen molar-refractivity contribution in [1.82, 2.24) is 4.90 Å². The minimum atomic E-state index is -0.548. The van der Waals surface area contributed by atoms with Crippen molar-refractivity contribution in [3.05, 3.63) is 64.2 Å². The number of nitrogens with one attached hydrogen (secondary N) is 1. The SMILES string of the molecule is CNc1ccccc1C(=O)OCC(=O)N1CCN(c2ccc([N+](=O)[O-])cc2)CC1. The topological polar surface area (TPSA) is 105 Å². The van der Waals surface area contributed by atoms with E-state index in [0.29, 0.717) is 37.4 Å². The molecule has 3 rings (SSSR count). The first-order valence-electron chi connectivity index (χ1n) is 9.20. The van der Waals surface area contributed by atoms with Gasteiger partial charge in [0.05, 0.1) is 10.5 Å². The Morgan fingerprint density at radius 2 is 1.72 bits per heavy atom. The fraction of sp³-hybridized carbons (Fsp3) is 0.300. The van der Waals surface area contributed by atoms with Crippen molar-refractivity contribution >= 4 is 28.9 Å². The maximum absolute atomic E-state index is 12.4. The summed E-state index contributed by atoms with van der Waals surface area (Å²) < 4.78 is 5.19. The maximum Gasteiger partial charge on any atom is 0.340 e. The van der Waals surface area contributed by atoms with Gasteiger partial charge in [-0.05, 0) is 24.3 Å². The molecule has 1 aliphatic heterocycles. The van der Waals surface area contributed by atoms with Gasteiger partial charge in [-0.3, -0.25) is 14.9 Å². The second kappa shape index (κ2) is 9.05. The Labute approximate surface area is 168 Å². The Morgan fingerprint density at radius 3 is 2.34 bits per heavy atom. The van der Waals surface area contributed by atoms with Gasteiger partial charge in [-0.1, -0.05) is 12.1 Å². The van der Waals surface area contributed by atoms with E-state index in [1.807, 2.05) is 0 Å². The number of ether oxygens (including phenoxy) is 1. The average Bonchev–Trinajstić information content (AvgIpc) is 2.77. The fourth-order valence-electron chi connectivity index (χ4n) is 3.17. The fourth-order valence-corrected chi connectivity index (χ4v) is 3.17. The number of hydrogen-bond acceptors (Lipinski definition) is 7. The number of para-hydroxylation sites is 1. The number of anilines is 2. The second-order valence-electron chi connectivity index (χ2n) is 6.51. The van der Waals surface area contributed by atoms with E-state index >= 15 is 0 Å². The lowest BCUT2D eigenvalue weighted by Crippen LogP contribution is -2.49. The zero-order valence-electron chi connectivity index (χ0n) is 16.0. The molecule has 152 valence electrons. The van der Waals surface area contributed by atoms with Gasteiger partial charge >= 0.3 is 5.97 Å².